The highest BCUT2D eigenvalue weighted by Crippen LogP contribution is 2.29. The molecule has 24 heavy (non-hydrogen) atoms. The zero-order valence-corrected chi connectivity index (χ0v) is 14.4. The third kappa shape index (κ3) is 3.63. The molecule has 5 heteroatoms. The minimum absolute atomic E-state index is 0.429. The molecule has 2 aliphatic rings. The molecule has 0 bridgehead atoms. The van der Waals surface area contributed by atoms with E-state index in [2.05, 4.69) is 26.6 Å². The van der Waals surface area contributed by atoms with Crippen molar-refractivity contribution in [1.29, 1.82) is 0 Å². The summed E-state index contributed by atoms with van der Waals surface area (Å²) in [5.41, 5.74) is 1.73. The minimum atomic E-state index is -0.429. The second kappa shape index (κ2) is 6.82. The van der Waals surface area contributed by atoms with E-state index in [9.17, 15) is 5.11 Å². The zero-order valence-electron chi connectivity index (χ0n) is 14.4. The van der Waals surface area contributed by atoms with Crippen molar-refractivity contribution in [1.82, 2.24) is 19.2 Å². The molecular weight excluding hydrogens is 300 g/mol. The Kier molecular flexibility index (Phi) is 4.57. The highest BCUT2D eigenvalue weighted by atomic mass is 16.3. The maximum Gasteiger partial charge on any atom is 0.137 e. The number of hydrogen-bond acceptors (Lipinski definition) is 4. The van der Waals surface area contributed by atoms with Gasteiger partial charge in [0.1, 0.15) is 5.65 Å². The predicted octanol–water partition coefficient (Wildman–Crippen LogP) is 2.15. The number of aromatic nitrogens is 2. The third-order valence-corrected chi connectivity index (χ3v) is 5.57. The van der Waals surface area contributed by atoms with Gasteiger partial charge in [-0.15, -0.1) is 0 Å². The Balaban J connectivity index is 1.29. The average Bonchev–Trinajstić information content (AvgIpc) is 2.99. The highest BCUT2D eigenvalue weighted by molar-refractivity contribution is 5.39. The van der Waals surface area contributed by atoms with E-state index in [-0.39, 0.29) is 0 Å². The maximum atomic E-state index is 10.7. The van der Waals surface area contributed by atoms with Crippen molar-refractivity contribution in [3.63, 3.8) is 0 Å². The summed E-state index contributed by atoms with van der Waals surface area (Å²) in [6.45, 7) is 5.99. The fourth-order valence-electron chi connectivity index (χ4n) is 4.18. The lowest BCUT2D eigenvalue weighted by Crippen LogP contribution is -2.52. The van der Waals surface area contributed by atoms with Crippen LogP contribution in [0.1, 0.15) is 37.8 Å². The third-order valence-electron chi connectivity index (χ3n) is 5.57. The van der Waals surface area contributed by atoms with Crippen molar-refractivity contribution in [3.05, 3.63) is 36.3 Å². The van der Waals surface area contributed by atoms with Crippen molar-refractivity contribution < 1.29 is 5.11 Å². The molecule has 1 aliphatic carbocycles. The molecule has 2 fully saturated rings. The molecule has 1 N–H and O–H groups in total. The molecule has 3 heterocycles. The summed E-state index contributed by atoms with van der Waals surface area (Å²) in [6.07, 6.45) is 9.80. The van der Waals surface area contributed by atoms with Crippen LogP contribution in [0.25, 0.3) is 5.65 Å². The number of hydrogen-bond donors (Lipinski definition) is 1. The summed E-state index contributed by atoms with van der Waals surface area (Å²) < 4.78 is 2.09. The Morgan fingerprint density at radius 1 is 1.00 bits per heavy atom. The summed E-state index contributed by atoms with van der Waals surface area (Å²) >= 11 is 0. The molecule has 0 amide bonds. The fourth-order valence-corrected chi connectivity index (χ4v) is 4.18. The Bertz CT molecular complexity index is 636. The van der Waals surface area contributed by atoms with Crippen LogP contribution in [0.15, 0.2) is 30.6 Å². The molecule has 0 radical (unpaired) electrons. The predicted molar refractivity (Wildman–Crippen MR) is 94.9 cm³/mol. The summed E-state index contributed by atoms with van der Waals surface area (Å²) in [5.74, 6) is 0. The minimum Gasteiger partial charge on any atom is -0.389 e. The molecule has 1 aliphatic heterocycles. The SMILES string of the molecule is OC1(CN2CCN(Cc3cn4ccccc4n3)CC2)CCCCC1. The Labute approximate surface area is 143 Å². The van der Waals surface area contributed by atoms with Gasteiger partial charge >= 0.3 is 0 Å². The van der Waals surface area contributed by atoms with Gasteiger partial charge in [0.15, 0.2) is 0 Å². The molecule has 2 aromatic rings. The molecule has 130 valence electrons. The molecule has 1 saturated heterocycles. The lowest BCUT2D eigenvalue weighted by atomic mass is 9.84. The van der Waals surface area contributed by atoms with Gasteiger partial charge in [-0.25, -0.2) is 4.98 Å². The number of fused-ring (bicyclic) bond motifs is 1. The largest absolute Gasteiger partial charge is 0.389 e. The number of imidazole rings is 1. The van der Waals surface area contributed by atoms with Crippen LogP contribution in [0, 0.1) is 0 Å². The van der Waals surface area contributed by atoms with Crippen molar-refractivity contribution in [2.45, 2.75) is 44.2 Å². The molecule has 0 unspecified atom stereocenters. The van der Waals surface area contributed by atoms with Gasteiger partial charge in [0.25, 0.3) is 0 Å². The van der Waals surface area contributed by atoms with Crippen LogP contribution in [0.2, 0.25) is 0 Å². The zero-order chi connectivity index (χ0) is 16.4. The number of β-amino-alcohol motifs (C(OH)–C–C–N with tert-alkyl or cyclic N) is 1. The Morgan fingerprint density at radius 2 is 1.75 bits per heavy atom. The van der Waals surface area contributed by atoms with Gasteiger partial charge in [0.2, 0.25) is 0 Å². The number of aliphatic hydroxyl groups is 1. The summed E-state index contributed by atoms with van der Waals surface area (Å²) in [5, 5.41) is 10.7. The lowest BCUT2D eigenvalue weighted by molar-refractivity contribution is -0.0360. The molecular formula is C19H28N4O. The Morgan fingerprint density at radius 3 is 2.50 bits per heavy atom. The first kappa shape index (κ1) is 16.1. The monoisotopic (exact) mass is 328 g/mol. The number of nitrogens with zero attached hydrogens (tertiary/aromatic N) is 4. The van der Waals surface area contributed by atoms with Gasteiger partial charge in [0.05, 0.1) is 11.3 Å². The van der Waals surface area contributed by atoms with E-state index in [1.807, 2.05) is 18.2 Å². The Hall–Kier alpha value is -1.43. The van der Waals surface area contributed by atoms with Gasteiger partial charge in [-0.2, -0.15) is 0 Å². The maximum absolute atomic E-state index is 10.7. The van der Waals surface area contributed by atoms with Gasteiger partial charge in [-0.3, -0.25) is 9.80 Å². The number of piperazine rings is 1. The molecule has 4 rings (SSSR count). The highest BCUT2D eigenvalue weighted by Gasteiger charge is 2.32. The van der Waals surface area contributed by atoms with Crippen LogP contribution < -0.4 is 0 Å². The molecule has 0 atom stereocenters. The van der Waals surface area contributed by atoms with E-state index < -0.39 is 5.60 Å². The molecule has 5 nitrogen and oxygen atoms in total. The lowest BCUT2D eigenvalue weighted by Gasteiger charge is -2.40. The standard InChI is InChI=1S/C19H28N4O/c24-19(7-3-1-4-8-19)16-22-12-10-21(11-13-22)14-17-15-23-9-5-2-6-18(23)20-17/h2,5-6,9,15,24H,1,3-4,7-8,10-14,16H2. The summed E-state index contributed by atoms with van der Waals surface area (Å²) in [7, 11) is 0. The van der Waals surface area contributed by atoms with Crippen LogP contribution in [0.4, 0.5) is 0 Å². The van der Waals surface area contributed by atoms with E-state index >= 15 is 0 Å². The topological polar surface area (TPSA) is 44.0 Å². The van der Waals surface area contributed by atoms with Gasteiger partial charge in [-0.05, 0) is 25.0 Å². The van der Waals surface area contributed by atoms with E-state index in [1.54, 1.807) is 0 Å². The van der Waals surface area contributed by atoms with E-state index in [0.717, 1.165) is 63.5 Å². The number of rotatable bonds is 4. The van der Waals surface area contributed by atoms with Gasteiger partial charge < -0.3 is 9.51 Å². The first-order valence-electron chi connectivity index (χ1n) is 9.30. The molecule has 2 aromatic heterocycles. The second-order valence-electron chi connectivity index (χ2n) is 7.54. The van der Waals surface area contributed by atoms with Crippen molar-refractivity contribution in [3.8, 4) is 0 Å². The van der Waals surface area contributed by atoms with E-state index in [0.29, 0.717) is 0 Å². The second-order valence-corrected chi connectivity index (χ2v) is 7.54. The van der Waals surface area contributed by atoms with E-state index in [1.165, 1.54) is 19.3 Å². The molecule has 0 spiro atoms. The molecule has 1 saturated carbocycles. The van der Waals surface area contributed by atoms with Crippen molar-refractivity contribution in [2.75, 3.05) is 32.7 Å². The number of pyridine rings is 1. The first-order chi connectivity index (χ1) is 11.7. The normalized spacial score (nSPS) is 22.9. The van der Waals surface area contributed by atoms with Crippen LogP contribution in [0.3, 0.4) is 0 Å². The van der Waals surface area contributed by atoms with Crippen LogP contribution in [-0.4, -0.2) is 62.6 Å². The van der Waals surface area contributed by atoms with Crippen LogP contribution in [0.5, 0.6) is 0 Å². The average molecular weight is 328 g/mol. The summed E-state index contributed by atoms with van der Waals surface area (Å²) in [6, 6.07) is 6.11. The van der Waals surface area contributed by atoms with Crippen LogP contribution in [-0.2, 0) is 6.54 Å². The van der Waals surface area contributed by atoms with E-state index in [4.69, 9.17) is 4.98 Å². The quantitative estimate of drug-likeness (QED) is 0.934. The summed E-state index contributed by atoms with van der Waals surface area (Å²) in [4.78, 5) is 9.62. The van der Waals surface area contributed by atoms with Gasteiger partial charge in [0, 0.05) is 51.7 Å². The van der Waals surface area contributed by atoms with Crippen molar-refractivity contribution >= 4 is 5.65 Å². The van der Waals surface area contributed by atoms with Crippen molar-refractivity contribution in [2.24, 2.45) is 0 Å². The smallest absolute Gasteiger partial charge is 0.137 e. The first-order valence-corrected chi connectivity index (χ1v) is 9.30. The molecule has 0 aromatic carbocycles. The van der Waals surface area contributed by atoms with Crippen LogP contribution >= 0.6 is 0 Å². The fraction of sp³-hybridized carbons (Fsp3) is 0.632. The van der Waals surface area contributed by atoms with Gasteiger partial charge in [-0.1, -0.05) is 25.3 Å².